The van der Waals surface area contributed by atoms with Gasteiger partial charge in [0, 0.05) is 5.69 Å². The molecule has 0 fully saturated rings. The molecule has 0 unspecified atom stereocenters. The molecule has 0 aliphatic heterocycles. The minimum atomic E-state index is -0.731. The van der Waals surface area contributed by atoms with Gasteiger partial charge >= 0.3 is 0 Å². The number of hydrogen-bond acceptors (Lipinski definition) is 3. The van der Waals surface area contributed by atoms with Crippen LogP contribution in [0.1, 0.15) is 11.7 Å². The Labute approximate surface area is 76.8 Å². The fourth-order valence-corrected chi connectivity index (χ4v) is 1.07. The Morgan fingerprint density at radius 1 is 1.31 bits per heavy atom. The number of aliphatic hydroxyl groups excluding tert-OH is 2. The van der Waals surface area contributed by atoms with Crippen molar-refractivity contribution < 1.29 is 15.9 Å². The first-order valence-corrected chi connectivity index (χ1v) is 4.12. The maximum atomic E-state index is 9.62. The first-order valence-electron chi connectivity index (χ1n) is 4.12. The van der Waals surface area contributed by atoms with Gasteiger partial charge in [0.15, 0.2) is 0 Å². The third-order valence-corrected chi connectivity index (χ3v) is 1.96. The molecule has 0 aliphatic rings. The van der Waals surface area contributed by atoms with E-state index in [2.05, 4.69) is 5.73 Å². The Kier molecular flexibility index (Phi) is 3.25. The van der Waals surface area contributed by atoms with Gasteiger partial charge in [-0.1, -0.05) is 12.1 Å². The van der Waals surface area contributed by atoms with E-state index >= 15 is 0 Å². The van der Waals surface area contributed by atoms with Crippen molar-refractivity contribution in [2.24, 2.45) is 0 Å². The van der Waals surface area contributed by atoms with E-state index in [0.29, 0.717) is 5.69 Å². The molecule has 4 nitrogen and oxygen atoms in total. The molecule has 0 radical (unpaired) electrons. The second kappa shape index (κ2) is 4.23. The molecule has 0 heterocycles. The highest BCUT2D eigenvalue weighted by Gasteiger charge is 2.18. The van der Waals surface area contributed by atoms with Crippen LogP contribution in [-0.2, 0) is 0 Å². The van der Waals surface area contributed by atoms with Crippen molar-refractivity contribution in [1.82, 2.24) is 0 Å². The third-order valence-electron chi connectivity index (χ3n) is 1.96. The first-order chi connectivity index (χ1) is 6.15. The van der Waals surface area contributed by atoms with Gasteiger partial charge in [-0.05, 0) is 17.7 Å². The SMILES string of the molecule is Nc1ccc([C@H](O)[C@@H]([NH3+])CO)cc1. The molecule has 0 bridgehead atoms. The van der Waals surface area contributed by atoms with Crippen LogP contribution in [-0.4, -0.2) is 22.9 Å². The van der Waals surface area contributed by atoms with E-state index < -0.39 is 12.1 Å². The van der Waals surface area contributed by atoms with Crippen molar-refractivity contribution in [2.75, 3.05) is 12.3 Å². The fourth-order valence-electron chi connectivity index (χ4n) is 1.07. The summed E-state index contributed by atoms with van der Waals surface area (Å²) in [5.74, 6) is 0. The Morgan fingerprint density at radius 2 is 1.85 bits per heavy atom. The average molecular weight is 183 g/mol. The lowest BCUT2D eigenvalue weighted by atomic mass is 10.0. The summed E-state index contributed by atoms with van der Waals surface area (Å²) >= 11 is 0. The highest BCUT2D eigenvalue weighted by atomic mass is 16.3. The summed E-state index contributed by atoms with van der Waals surface area (Å²) in [6.45, 7) is -0.133. The molecule has 72 valence electrons. The van der Waals surface area contributed by atoms with Gasteiger partial charge in [0.2, 0.25) is 0 Å². The topological polar surface area (TPSA) is 94.1 Å². The van der Waals surface area contributed by atoms with Crippen LogP contribution in [0.4, 0.5) is 5.69 Å². The van der Waals surface area contributed by atoms with E-state index in [1.54, 1.807) is 24.3 Å². The van der Waals surface area contributed by atoms with E-state index in [4.69, 9.17) is 10.8 Å². The number of benzene rings is 1. The number of quaternary nitrogens is 1. The number of anilines is 1. The van der Waals surface area contributed by atoms with Crippen LogP contribution in [0.2, 0.25) is 0 Å². The lowest BCUT2D eigenvalue weighted by molar-refractivity contribution is -0.444. The van der Waals surface area contributed by atoms with Gasteiger partial charge in [-0.3, -0.25) is 0 Å². The van der Waals surface area contributed by atoms with Crippen molar-refractivity contribution in [1.29, 1.82) is 0 Å². The van der Waals surface area contributed by atoms with E-state index in [1.807, 2.05) is 0 Å². The van der Waals surface area contributed by atoms with Gasteiger partial charge in [0.25, 0.3) is 0 Å². The Morgan fingerprint density at radius 3 is 2.31 bits per heavy atom. The monoisotopic (exact) mass is 183 g/mol. The molecular weight excluding hydrogens is 168 g/mol. The van der Waals surface area contributed by atoms with E-state index in [-0.39, 0.29) is 6.61 Å². The van der Waals surface area contributed by atoms with Crippen LogP contribution in [0.15, 0.2) is 24.3 Å². The molecule has 0 aromatic heterocycles. The molecule has 2 atom stereocenters. The number of rotatable bonds is 3. The van der Waals surface area contributed by atoms with Crippen LogP contribution in [0.5, 0.6) is 0 Å². The zero-order valence-electron chi connectivity index (χ0n) is 7.35. The lowest BCUT2D eigenvalue weighted by Gasteiger charge is -2.13. The second-order valence-corrected chi connectivity index (χ2v) is 3.05. The summed E-state index contributed by atoms with van der Waals surface area (Å²) in [6.07, 6.45) is -0.731. The molecule has 0 saturated heterocycles. The van der Waals surface area contributed by atoms with Crippen molar-refractivity contribution in [3.63, 3.8) is 0 Å². The van der Waals surface area contributed by atoms with Crippen molar-refractivity contribution in [3.05, 3.63) is 29.8 Å². The maximum absolute atomic E-state index is 9.62. The molecule has 1 aromatic rings. The molecular formula is C9H15N2O2+. The number of nitrogen functional groups attached to an aromatic ring is 1. The molecule has 13 heavy (non-hydrogen) atoms. The zero-order valence-corrected chi connectivity index (χ0v) is 7.35. The molecule has 0 amide bonds. The summed E-state index contributed by atoms with van der Waals surface area (Å²) in [4.78, 5) is 0. The normalized spacial score (nSPS) is 15.3. The van der Waals surface area contributed by atoms with Crippen LogP contribution < -0.4 is 11.5 Å². The number of nitrogens with two attached hydrogens (primary N) is 1. The van der Waals surface area contributed by atoms with Crippen molar-refractivity contribution in [3.8, 4) is 0 Å². The van der Waals surface area contributed by atoms with Gasteiger partial charge in [-0.15, -0.1) is 0 Å². The van der Waals surface area contributed by atoms with Crippen molar-refractivity contribution >= 4 is 5.69 Å². The van der Waals surface area contributed by atoms with Gasteiger partial charge in [-0.25, -0.2) is 0 Å². The summed E-state index contributed by atoms with van der Waals surface area (Å²) in [6, 6.07) is 6.48. The largest absolute Gasteiger partial charge is 0.399 e. The maximum Gasteiger partial charge on any atom is 0.138 e. The van der Waals surface area contributed by atoms with E-state index in [1.165, 1.54) is 0 Å². The minimum Gasteiger partial charge on any atom is -0.399 e. The number of hydrogen-bond donors (Lipinski definition) is 4. The highest BCUT2D eigenvalue weighted by Crippen LogP contribution is 2.15. The Balaban J connectivity index is 2.77. The van der Waals surface area contributed by atoms with Gasteiger partial charge in [0.1, 0.15) is 12.1 Å². The van der Waals surface area contributed by atoms with E-state index in [9.17, 15) is 5.11 Å². The van der Waals surface area contributed by atoms with Crippen LogP contribution >= 0.6 is 0 Å². The van der Waals surface area contributed by atoms with Crippen LogP contribution in [0.25, 0.3) is 0 Å². The van der Waals surface area contributed by atoms with Gasteiger partial charge < -0.3 is 21.7 Å². The fraction of sp³-hybridized carbons (Fsp3) is 0.333. The number of aliphatic hydroxyl groups is 2. The zero-order chi connectivity index (χ0) is 9.84. The Bertz CT molecular complexity index is 261. The van der Waals surface area contributed by atoms with Crippen LogP contribution in [0.3, 0.4) is 0 Å². The Hall–Kier alpha value is -1.10. The molecule has 0 aliphatic carbocycles. The molecule has 0 spiro atoms. The summed E-state index contributed by atoms with van der Waals surface area (Å²) in [5.41, 5.74) is 10.5. The molecule has 7 N–H and O–H groups in total. The van der Waals surface area contributed by atoms with Gasteiger partial charge in [0.05, 0.1) is 6.61 Å². The van der Waals surface area contributed by atoms with Crippen LogP contribution in [0, 0.1) is 0 Å². The minimum absolute atomic E-state index is 0.133. The van der Waals surface area contributed by atoms with Gasteiger partial charge in [-0.2, -0.15) is 0 Å². The molecule has 4 heteroatoms. The highest BCUT2D eigenvalue weighted by molar-refractivity contribution is 5.39. The predicted molar refractivity (Wildman–Crippen MR) is 49.6 cm³/mol. The molecule has 0 saturated carbocycles. The van der Waals surface area contributed by atoms with Crippen molar-refractivity contribution in [2.45, 2.75) is 12.1 Å². The summed E-state index contributed by atoms with van der Waals surface area (Å²) in [5, 5.41) is 18.4. The predicted octanol–water partition coefficient (Wildman–Crippen LogP) is -1.09. The molecule has 1 rings (SSSR count). The second-order valence-electron chi connectivity index (χ2n) is 3.05. The first kappa shape index (κ1) is 9.98. The smallest absolute Gasteiger partial charge is 0.138 e. The summed E-state index contributed by atoms with van der Waals surface area (Å²) in [7, 11) is 0. The van der Waals surface area contributed by atoms with E-state index in [0.717, 1.165) is 5.56 Å². The standard InChI is InChI=1S/C9H14N2O2/c10-7-3-1-6(2-4-7)9(13)8(11)5-12/h1-4,8-9,12-13H,5,10-11H2/p+1/t8-,9-/m0/s1. The summed E-state index contributed by atoms with van der Waals surface area (Å²) < 4.78 is 0. The average Bonchev–Trinajstić information content (AvgIpc) is 2.17. The molecule has 1 aromatic carbocycles. The lowest BCUT2D eigenvalue weighted by Crippen LogP contribution is -2.65. The quantitative estimate of drug-likeness (QED) is 0.448. The third kappa shape index (κ3) is 2.42.